The zero-order chi connectivity index (χ0) is 28.0. The molecule has 4 aliphatic rings. The van der Waals surface area contributed by atoms with Gasteiger partial charge in [0.2, 0.25) is 0 Å². The van der Waals surface area contributed by atoms with Crippen LogP contribution in [0.1, 0.15) is 53.4 Å². The van der Waals surface area contributed by atoms with E-state index in [0.717, 1.165) is 31.3 Å². The molecule has 4 rings (SSSR count). The van der Waals surface area contributed by atoms with Crippen LogP contribution in [0.4, 0.5) is 0 Å². The minimum absolute atomic E-state index is 0.0266. The summed E-state index contributed by atoms with van der Waals surface area (Å²) in [7, 11) is 4.90. The van der Waals surface area contributed by atoms with Gasteiger partial charge in [-0.15, -0.1) is 0 Å². The largest absolute Gasteiger partial charge is 0.390 e. The molecular weight excluding hydrogens is 492 g/mol. The molecule has 0 bridgehead atoms. The predicted molar refractivity (Wildman–Crippen MR) is 140 cm³/mol. The first-order valence-corrected chi connectivity index (χ1v) is 14.0. The van der Waals surface area contributed by atoms with Gasteiger partial charge in [-0.2, -0.15) is 0 Å². The Labute approximate surface area is 226 Å². The number of aliphatic hydroxyl groups is 4. The summed E-state index contributed by atoms with van der Waals surface area (Å²) in [5.74, 6) is 0.116. The third kappa shape index (κ3) is 5.03. The molecule has 3 aliphatic carbocycles. The van der Waals surface area contributed by atoms with Gasteiger partial charge in [0.05, 0.1) is 19.3 Å². The van der Waals surface area contributed by atoms with E-state index in [1.54, 1.807) is 14.2 Å². The van der Waals surface area contributed by atoms with Crippen LogP contribution in [0.15, 0.2) is 22.8 Å². The summed E-state index contributed by atoms with van der Waals surface area (Å²) < 4.78 is 29.4. The summed E-state index contributed by atoms with van der Waals surface area (Å²) in [4.78, 5) is 0. The van der Waals surface area contributed by atoms with Gasteiger partial charge in [0.1, 0.15) is 36.1 Å². The average Bonchev–Trinajstić information content (AvgIpc) is 3.40. The maximum absolute atomic E-state index is 12.0. The van der Waals surface area contributed by atoms with Crippen molar-refractivity contribution in [3.63, 3.8) is 0 Å². The molecule has 1 saturated heterocycles. The van der Waals surface area contributed by atoms with Crippen molar-refractivity contribution in [2.45, 2.75) is 102 Å². The molecule has 0 aromatic heterocycles. The van der Waals surface area contributed by atoms with Crippen molar-refractivity contribution in [1.82, 2.24) is 0 Å². The number of methoxy groups -OCH3 is 3. The van der Waals surface area contributed by atoms with E-state index >= 15 is 0 Å². The minimum Gasteiger partial charge on any atom is -0.390 e. The number of aliphatic hydroxyl groups excluding tert-OH is 4. The van der Waals surface area contributed by atoms with Gasteiger partial charge < -0.3 is 44.1 Å². The Morgan fingerprint density at radius 3 is 2.32 bits per heavy atom. The molecule has 2 fully saturated rings. The van der Waals surface area contributed by atoms with Crippen LogP contribution < -0.4 is 0 Å². The second-order valence-electron chi connectivity index (χ2n) is 12.3. The molecule has 0 spiro atoms. The summed E-state index contributed by atoms with van der Waals surface area (Å²) in [6, 6.07) is 0. The van der Waals surface area contributed by atoms with Crippen LogP contribution in [0.25, 0.3) is 0 Å². The van der Waals surface area contributed by atoms with Gasteiger partial charge in [0.25, 0.3) is 0 Å². The molecule has 1 saturated carbocycles. The molecule has 0 radical (unpaired) electrons. The molecule has 4 N–H and O–H groups in total. The standard InChI is InChI=1S/C29H48O9/c1-15(2)17-8-10-28(4)12-19-18(9-11-29(19,36-7)14-35-6)16(3)22(30)26(21(17)28)38-27-25(33)24(32)23(31)20(37-27)13-34-5/h12,15-16,18,20,22-27,30-33H,8-11,13-14H2,1-7H3/b19-12+/t16-,18+,20-,22-,23-,24+,25-,26-,27-,28-,29-/m1/s1. The van der Waals surface area contributed by atoms with E-state index < -0.39 is 53.9 Å². The smallest absolute Gasteiger partial charge is 0.187 e. The molecule has 1 heterocycles. The Morgan fingerprint density at radius 1 is 1.00 bits per heavy atom. The summed E-state index contributed by atoms with van der Waals surface area (Å²) in [5.41, 5.74) is 2.47. The lowest BCUT2D eigenvalue weighted by molar-refractivity contribution is -0.316. The Kier molecular flexibility index (Phi) is 9.14. The Balaban J connectivity index is 1.80. The molecule has 9 nitrogen and oxygen atoms in total. The summed E-state index contributed by atoms with van der Waals surface area (Å²) in [6.07, 6.45) is -2.33. The molecule has 9 heteroatoms. The molecule has 38 heavy (non-hydrogen) atoms. The van der Waals surface area contributed by atoms with Crippen molar-refractivity contribution < 1.29 is 44.1 Å². The van der Waals surface area contributed by atoms with Gasteiger partial charge in [-0.3, -0.25) is 0 Å². The number of rotatable bonds is 8. The quantitative estimate of drug-likeness (QED) is 0.342. The van der Waals surface area contributed by atoms with E-state index in [4.69, 9.17) is 23.7 Å². The number of hydrogen-bond donors (Lipinski definition) is 4. The number of allylic oxidation sites excluding steroid dienone is 2. The van der Waals surface area contributed by atoms with Crippen LogP contribution in [0.5, 0.6) is 0 Å². The molecule has 0 aromatic rings. The maximum atomic E-state index is 12.0. The third-order valence-corrected chi connectivity index (χ3v) is 9.65. The average molecular weight is 541 g/mol. The molecule has 1 aliphatic heterocycles. The molecule has 0 unspecified atom stereocenters. The Bertz CT molecular complexity index is 902. The van der Waals surface area contributed by atoms with E-state index in [-0.39, 0.29) is 24.4 Å². The lowest BCUT2D eigenvalue weighted by Crippen LogP contribution is -2.61. The Morgan fingerprint density at radius 2 is 1.71 bits per heavy atom. The first-order valence-electron chi connectivity index (χ1n) is 14.0. The van der Waals surface area contributed by atoms with Gasteiger partial charge in [0, 0.05) is 26.7 Å². The monoisotopic (exact) mass is 540 g/mol. The second kappa shape index (κ2) is 11.5. The van der Waals surface area contributed by atoms with Crippen molar-refractivity contribution in [3.8, 4) is 0 Å². The number of hydrogen-bond acceptors (Lipinski definition) is 9. The van der Waals surface area contributed by atoms with Crippen molar-refractivity contribution in [3.05, 3.63) is 22.8 Å². The van der Waals surface area contributed by atoms with Gasteiger partial charge in [-0.05, 0) is 54.6 Å². The molecule has 11 atom stereocenters. The lowest BCUT2D eigenvalue weighted by atomic mass is 9.68. The first-order chi connectivity index (χ1) is 17.9. The topological polar surface area (TPSA) is 127 Å². The van der Waals surface area contributed by atoms with Crippen LogP contribution >= 0.6 is 0 Å². The van der Waals surface area contributed by atoms with E-state index in [2.05, 4.69) is 26.8 Å². The highest BCUT2D eigenvalue weighted by Gasteiger charge is 2.55. The Hall–Kier alpha value is -0.880. The van der Waals surface area contributed by atoms with Crippen molar-refractivity contribution >= 4 is 0 Å². The van der Waals surface area contributed by atoms with Gasteiger partial charge >= 0.3 is 0 Å². The van der Waals surface area contributed by atoms with Crippen LogP contribution in [-0.4, -0.2) is 103 Å². The second-order valence-corrected chi connectivity index (χ2v) is 12.3. The fraction of sp³-hybridized carbons (Fsp3) is 0.862. The lowest BCUT2D eigenvalue weighted by Gasteiger charge is -2.46. The van der Waals surface area contributed by atoms with Gasteiger partial charge in [0.15, 0.2) is 6.29 Å². The third-order valence-electron chi connectivity index (χ3n) is 9.65. The highest BCUT2D eigenvalue weighted by Crippen LogP contribution is 2.57. The van der Waals surface area contributed by atoms with E-state index in [1.807, 2.05) is 6.92 Å². The normalized spacial score (nSPS) is 46.9. The number of ether oxygens (including phenoxy) is 5. The summed E-state index contributed by atoms with van der Waals surface area (Å²) in [5, 5.41) is 43.8. The van der Waals surface area contributed by atoms with Crippen molar-refractivity contribution in [2.24, 2.45) is 23.2 Å². The zero-order valence-corrected chi connectivity index (χ0v) is 23.9. The van der Waals surface area contributed by atoms with Gasteiger partial charge in [-0.1, -0.05) is 39.3 Å². The van der Waals surface area contributed by atoms with Gasteiger partial charge in [-0.25, -0.2) is 0 Å². The molecule has 0 amide bonds. The maximum Gasteiger partial charge on any atom is 0.187 e. The van der Waals surface area contributed by atoms with Crippen molar-refractivity contribution in [1.29, 1.82) is 0 Å². The summed E-state index contributed by atoms with van der Waals surface area (Å²) >= 11 is 0. The van der Waals surface area contributed by atoms with E-state index in [1.165, 1.54) is 18.3 Å². The fourth-order valence-corrected chi connectivity index (χ4v) is 7.42. The van der Waals surface area contributed by atoms with Crippen LogP contribution in [0, 0.1) is 23.2 Å². The van der Waals surface area contributed by atoms with E-state index in [9.17, 15) is 20.4 Å². The highest BCUT2D eigenvalue weighted by atomic mass is 16.7. The fourth-order valence-electron chi connectivity index (χ4n) is 7.42. The van der Waals surface area contributed by atoms with Crippen molar-refractivity contribution in [2.75, 3.05) is 34.5 Å². The SMILES string of the molecule is COC[C@H]1O[C@H](O[C@@H]2C3=C(C(C)C)CC[C@]3(C)/C=C3\[C@@H](CC[C@]3(COC)OC)[C@@H](C)[C@H]2O)[C@H](O)[C@@H](O)[C@@H]1O. The molecule has 0 aromatic carbocycles. The predicted octanol–water partition coefficient (Wildman–Crippen LogP) is 1.96. The zero-order valence-electron chi connectivity index (χ0n) is 23.9. The highest BCUT2D eigenvalue weighted by molar-refractivity contribution is 5.43. The van der Waals surface area contributed by atoms with Crippen LogP contribution in [0.3, 0.4) is 0 Å². The molecular formula is C29H48O9. The number of fused-ring (bicyclic) bond motifs is 2. The van der Waals surface area contributed by atoms with Crippen LogP contribution in [0.2, 0.25) is 0 Å². The summed E-state index contributed by atoms with van der Waals surface area (Å²) in [6.45, 7) is 9.00. The van der Waals surface area contributed by atoms with E-state index in [0.29, 0.717) is 6.61 Å². The molecule has 218 valence electrons. The van der Waals surface area contributed by atoms with Crippen LogP contribution in [-0.2, 0) is 23.7 Å². The first kappa shape index (κ1) is 30.1. The minimum atomic E-state index is -1.48.